The molecule has 0 aliphatic carbocycles. The maximum atomic E-state index is 12.1. The van der Waals surface area contributed by atoms with Crippen molar-refractivity contribution >= 4 is 17.5 Å². The van der Waals surface area contributed by atoms with Gasteiger partial charge in [0.05, 0.1) is 17.8 Å². The molecule has 1 atom stereocenters. The number of hydrogen-bond acceptors (Lipinski definition) is 3. The first kappa shape index (κ1) is 12.9. The van der Waals surface area contributed by atoms with Gasteiger partial charge in [-0.3, -0.25) is 9.78 Å². The number of amides is 1. The number of benzene rings is 1. The molecule has 1 amide bonds. The third-order valence-electron chi connectivity index (χ3n) is 3.20. The predicted molar refractivity (Wildman–Crippen MR) is 76.1 cm³/mol. The van der Waals surface area contributed by atoms with Crippen LogP contribution in [0.4, 0.5) is 0 Å². The Bertz CT molecular complexity index is 628. The van der Waals surface area contributed by atoms with Crippen molar-refractivity contribution in [3.8, 4) is 5.75 Å². The lowest BCUT2D eigenvalue weighted by atomic mass is 10.1. The molecule has 0 bridgehead atoms. The molecule has 1 unspecified atom stereocenters. The SMILES string of the molecule is O=C1NC(Cc2ccc(Cl)cc2)COc2cnccc21. The van der Waals surface area contributed by atoms with Gasteiger partial charge in [-0.1, -0.05) is 23.7 Å². The number of pyridine rings is 1. The van der Waals surface area contributed by atoms with Gasteiger partial charge in [-0.2, -0.15) is 0 Å². The van der Waals surface area contributed by atoms with Gasteiger partial charge < -0.3 is 10.1 Å². The second-order valence-corrected chi connectivity index (χ2v) is 5.12. The molecule has 0 saturated heterocycles. The summed E-state index contributed by atoms with van der Waals surface area (Å²) in [5.41, 5.74) is 1.63. The van der Waals surface area contributed by atoms with Crippen molar-refractivity contribution in [1.82, 2.24) is 10.3 Å². The Labute approximate surface area is 121 Å². The molecule has 0 spiro atoms. The number of nitrogens with zero attached hydrogens (tertiary/aromatic N) is 1. The Balaban J connectivity index is 1.75. The molecule has 1 aliphatic rings. The van der Waals surface area contributed by atoms with Crippen LogP contribution in [-0.2, 0) is 6.42 Å². The van der Waals surface area contributed by atoms with Gasteiger partial charge in [0.2, 0.25) is 0 Å². The van der Waals surface area contributed by atoms with Gasteiger partial charge in [-0.05, 0) is 30.2 Å². The van der Waals surface area contributed by atoms with Gasteiger partial charge in [-0.25, -0.2) is 0 Å². The zero-order chi connectivity index (χ0) is 13.9. The molecule has 102 valence electrons. The number of carbonyl (C=O) groups excluding carboxylic acids is 1. The van der Waals surface area contributed by atoms with Crippen molar-refractivity contribution in [3.05, 3.63) is 58.9 Å². The summed E-state index contributed by atoms with van der Waals surface area (Å²) in [4.78, 5) is 16.1. The summed E-state index contributed by atoms with van der Waals surface area (Å²) in [6.45, 7) is 0.424. The van der Waals surface area contributed by atoms with E-state index < -0.39 is 0 Å². The Kier molecular flexibility index (Phi) is 3.56. The summed E-state index contributed by atoms with van der Waals surface area (Å²) >= 11 is 5.86. The molecule has 2 aromatic rings. The van der Waals surface area contributed by atoms with Gasteiger partial charge in [0, 0.05) is 11.2 Å². The van der Waals surface area contributed by atoms with E-state index in [0.717, 1.165) is 5.56 Å². The molecule has 1 aromatic heterocycles. The molecule has 1 aromatic carbocycles. The fraction of sp³-hybridized carbons (Fsp3) is 0.200. The van der Waals surface area contributed by atoms with Crippen molar-refractivity contribution in [2.75, 3.05) is 6.61 Å². The van der Waals surface area contributed by atoms with Gasteiger partial charge in [0.25, 0.3) is 5.91 Å². The second kappa shape index (κ2) is 5.51. The molecule has 5 heteroatoms. The third-order valence-corrected chi connectivity index (χ3v) is 3.45. The van der Waals surface area contributed by atoms with Gasteiger partial charge in [0.1, 0.15) is 12.4 Å². The molecule has 2 heterocycles. The summed E-state index contributed by atoms with van der Waals surface area (Å²) in [7, 11) is 0. The molecular formula is C15H13ClN2O2. The maximum Gasteiger partial charge on any atom is 0.255 e. The quantitative estimate of drug-likeness (QED) is 0.923. The van der Waals surface area contributed by atoms with Crippen LogP contribution in [0.2, 0.25) is 5.02 Å². The molecule has 1 aliphatic heterocycles. The molecule has 4 nitrogen and oxygen atoms in total. The van der Waals surface area contributed by atoms with Crippen molar-refractivity contribution in [2.45, 2.75) is 12.5 Å². The zero-order valence-corrected chi connectivity index (χ0v) is 11.4. The summed E-state index contributed by atoms with van der Waals surface area (Å²) in [5, 5.41) is 3.68. The van der Waals surface area contributed by atoms with Crippen LogP contribution in [0.15, 0.2) is 42.7 Å². The monoisotopic (exact) mass is 288 g/mol. The number of rotatable bonds is 2. The summed E-state index contributed by atoms with van der Waals surface area (Å²) < 4.78 is 5.66. The molecular weight excluding hydrogens is 276 g/mol. The van der Waals surface area contributed by atoms with E-state index in [4.69, 9.17) is 16.3 Å². The van der Waals surface area contributed by atoms with Crippen LogP contribution < -0.4 is 10.1 Å². The number of ether oxygens (including phenoxy) is 1. The Morgan fingerprint density at radius 2 is 2.10 bits per heavy atom. The minimum absolute atomic E-state index is 0.0731. The number of fused-ring (bicyclic) bond motifs is 1. The van der Waals surface area contributed by atoms with E-state index in [1.165, 1.54) is 0 Å². The maximum absolute atomic E-state index is 12.1. The number of hydrogen-bond donors (Lipinski definition) is 1. The molecule has 0 saturated carbocycles. The summed E-state index contributed by atoms with van der Waals surface area (Å²) in [6, 6.07) is 9.18. The largest absolute Gasteiger partial charge is 0.489 e. The number of halogens is 1. The van der Waals surface area contributed by atoms with E-state index in [2.05, 4.69) is 10.3 Å². The first-order valence-electron chi connectivity index (χ1n) is 6.34. The molecule has 1 N–H and O–H groups in total. The lowest BCUT2D eigenvalue weighted by Gasteiger charge is -2.15. The predicted octanol–water partition coefficient (Wildman–Crippen LogP) is 2.47. The second-order valence-electron chi connectivity index (χ2n) is 4.68. The Morgan fingerprint density at radius 3 is 2.90 bits per heavy atom. The van der Waals surface area contributed by atoms with Crippen molar-refractivity contribution in [3.63, 3.8) is 0 Å². The normalized spacial score (nSPS) is 17.6. The van der Waals surface area contributed by atoms with E-state index in [1.54, 1.807) is 18.5 Å². The summed E-state index contributed by atoms with van der Waals surface area (Å²) in [6.07, 6.45) is 3.85. The van der Waals surface area contributed by atoms with Gasteiger partial charge in [-0.15, -0.1) is 0 Å². The van der Waals surface area contributed by atoms with E-state index >= 15 is 0 Å². The fourth-order valence-corrected chi connectivity index (χ4v) is 2.32. The Morgan fingerprint density at radius 1 is 1.30 bits per heavy atom. The molecule has 0 radical (unpaired) electrons. The van der Waals surface area contributed by atoms with E-state index in [9.17, 15) is 4.79 Å². The number of aromatic nitrogens is 1. The minimum atomic E-state index is -0.126. The average Bonchev–Trinajstić information content (AvgIpc) is 2.62. The average molecular weight is 289 g/mol. The highest BCUT2D eigenvalue weighted by molar-refractivity contribution is 6.30. The number of carbonyl (C=O) groups is 1. The van der Waals surface area contributed by atoms with Gasteiger partial charge in [0.15, 0.2) is 0 Å². The number of nitrogens with one attached hydrogen (secondary N) is 1. The first-order chi connectivity index (χ1) is 9.72. The van der Waals surface area contributed by atoms with Crippen LogP contribution in [0.5, 0.6) is 5.75 Å². The third kappa shape index (κ3) is 2.75. The lowest BCUT2D eigenvalue weighted by molar-refractivity contribution is 0.0938. The fourth-order valence-electron chi connectivity index (χ4n) is 2.19. The van der Waals surface area contributed by atoms with Crippen molar-refractivity contribution < 1.29 is 9.53 Å². The molecule has 20 heavy (non-hydrogen) atoms. The topological polar surface area (TPSA) is 51.2 Å². The minimum Gasteiger partial charge on any atom is -0.489 e. The highest BCUT2D eigenvalue weighted by Crippen LogP contribution is 2.20. The van der Waals surface area contributed by atoms with Crippen molar-refractivity contribution in [2.24, 2.45) is 0 Å². The smallest absolute Gasteiger partial charge is 0.255 e. The van der Waals surface area contributed by atoms with E-state index in [1.807, 2.05) is 24.3 Å². The first-order valence-corrected chi connectivity index (χ1v) is 6.72. The summed E-state index contributed by atoms with van der Waals surface area (Å²) in [5.74, 6) is 0.405. The van der Waals surface area contributed by atoms with Crippen LogP contribution in [0, 0.1) is 0 Å². The van der Waals surface area contributed by atoms with Crippen LogP contribution >= 0.6 is 11.6 Å². The van der Waals surface area contributed by atoms with Crippen molar-refractivity contribution in [1.29, 1.82) is 0 Å². The molecule has 3 rings (SSSR count). The zero-order valence-electron chi connectivity index (χ0n) is 10.7. The van der Waals surface area contributed by atoms with Gasteiger partial charge >= 0.3 is 0 Å². The highest BCUT2D eigenvalue weighted by Gasteiger charge is 2.22. The molecule has 0 fully saturated rings. The Hall–Kier alpha value is -2.07. The van der Waals surface area contributed by atoms with Crippen LogP contribution in [-0.4, -0.2) is 23.5 Å². The lowest BCUT2D eigenvalue weighted by Crippen LogP contribution is -2.38. The standard InChI is InChI=1S/C15H13ClN2O2/c16-11-3-1-10(2-4-11)7-12-9-20-14-8-17-6-5-13(14)15(19)18-12/h1-6,8,12H,7,9H2,(H,18,19). The van der Waals surface area contributed by atoms with E-state index in [0.29, 0.717) is 29.4 Å². The van der Waals surface area contributed by atoms with E-state index in [-0.39, 0.29) is 11.9 Å². The van der Waals surface area contributed by atoms with Crippen LogP contribution in [0.1, 0.15) is 15.9 Å². The van der Waals surface area contributed by atoms with Crippen LogP contribution in [0.25, 0.3) is 0 Å². The van der Waals surface area contributed by atoms with Crippen LogP contribution in [0.3, 0.4) is 0 Å². The highest BCUT2D eigenvalue weighted by atomic mass is 35.5.